The first-order chi connectivity index (χ1) is 15.9. The topological polar surface area (TPSA) is 110 Å². The van der Waals surface area contributed by atoms with Crippen LogP contribution in [0.1, 0.15) is 52.0 Å². The van der Waals surface area contributed by atoms with Crippen LogP contribution < -0.4 is 10.1 Å². The first-order valence-corrected chi connectivity index (χ1v) is 12.9. The van der Waals surface area contributed by atoms with E-state index in [2.05, 4.69) is 5.32 Å². The second kappa shape index (κ2) is 9.78. The van der Waals surface area contributed by atoms with E-state index in [0.29, 0.717) is 18.4 Å². The number of rotatable bonds is 8. The quantitative estimate of drug-likeness (QED) is 0.582. The lowest BCUT2D eigenvalue weighted by Crippen LogP contribution is -2.58. The van der Waals surface area contributed by atoms with E-state index < -0.39 is 37.2 Å². The van der Waals surface area contributed by atoms with Crippen LogP contribution in [0.4, 0.5) is 0 Å². The molecule has 1 fully saturated rings. The molecule has 0 spiro atoms. The van der Waals surface area contributed by atoms with Gasteiger partial charge in [0.2, 0.25) is 5.91 Å². The summed E-state index contributed by atoms with van der Waals surface area (Å²) in [7, 11) is -2.24. The summed E-state index contributed by atoms with van der Waals surface area (Å²) in [6.07, 6.45) is 1.69. The summed E-state index contributed by atoms with van der Waals surface area (Å²) in [6, 6.07) is 13.7. The molecular weight excluding hydrogens is 454 g/mol. The number of hydrogen-bond donors (Lipinski definition) is 2. The third-order valence-corrected chi connectivity index (χ3v) is 9.80. The monoisotopic (exact) mass is 487 g/mol. The lowest BCUT2D eigenvalue weighted by atomic mass is 9.99. The number of amides is 1. The second-order valence-corrected chi connectivity index (χ2v) is 12.8. The Morgan fingerprint density at radius 1 is 1.06 bits per heavy atom. The van der Waals surface area contributed by atoms with Gasteiger partial charge in [0.05, 0.1) is 11.9 Å². The molecule has 1 aliphatic carbocycles. The van der Waals surface area contributed by atoms with E-state index in [-0.39, 0.29) is 19.3 Å². The maximum Gasteiger partial charge on any atom is 0.326 e. The van der Waals surface area contributed by atoms with E-state index in [1.807, 2.05) is 36.4 Å². The Bertz CT molecular complexity index is 1140. The van der Waals surface area contributed by atoms with Crippen molar-refractivity contribution in [3.05, 3.63) is 54.1 Å². The van der Waals surface area contributed by atoms with Gasteiger partial charge in [-0.15, -0.1) is 0 Å². The molecule has 3 rings (SSSR count). The molecule has 2 N–H and O–H groups in total. The van der Waals surface area contributed by atoms with Crippen LogP contribution in [0.15, 0.2) is 48.5 Å². The fourth-order valence-corrected chi connectivity index (χ4v) is 6.88. The number of sulfone groups is 1. The molecule has 1 saturated carbocycles. The summed E-state index contributed by atoms with van der Waals surface area (Å²) < 4.78 is 29.4. The molecule has 7 nitrogen and oxygen atoms in total. The molecule has 34 heavy (non-hydrogen) atoms. The van der Waals surface area contributed by atoms with Crippen molar-refractivity contribution in [2.24, 2.45) is 0 Å². The molecular formula is C26H33NO6S. The molecule has 2 aromatic rings. The van der Waals surface area contributed by atoms with Crippen molar-refractivity contribution in [3.63, 3.8) is 0 Å². The Morgan fingerprint density at radius 3 is 2.18 bits per heavy atom. The highest BCUT2D eigenvalue weighted by atomic mass is 32.2. The van der Waals surface area contributed by atoms with Gasteiger partial charge in [0.15, 0.2) is 14.6 Å². The Morgan fingerprint density at radius 2 is 1.65 bits per heavy atom. The number of carbonyl (C=O) groups is 2. The molecule has 1 atom stereocenters. The molecule has 0 saturated heterocycles. The summed E-state index contributed by atoms with van der Waals surface area (Å²) in [4.78, 5) is 25.3. The highest BCUT2D eigenvalue weighted by Crippen LogP contribution is 2.42. The average Bonchev–Trinajstić information content (AvgIpc) is 3.30. The molecule has 1 amide bonds. The molecule has 184 valence electrons. The van der Waals surface area contributed by atoms with Gasteiger partial charge in [-0.2, -0.15) is 0 Å². The minimum absolute atomic E-state index is 0.0406. The van der Waals surface area contributed by atoms with Gasteiger partial charge >= 0.3 is 5.97 Å². The van der Waals surface area contributed by atoms with E-state index in [1.54, 1.807) is 40.0 Å². The minimum Gasteiger partial charge on any atom is -0.496 e. The molecule has 1 aliphatic rings. The number of benzene rings is 2. The highest BCUT2D eigenvalue weighted by Gasteiger charge is 2.56. The van der Waals surface area contributed by atoms with E-state index in [1.165, 1.54) is 0 Å². The van der Waals surface area contributed by atoms with Gasteiger partial charge in [0.25, 0.3) is 0 Å². The van der Waals surface area contributed by atoms with E-state index >= 15 is 0 Å². The standard InChI is InChI=1S/C26H33NO6S/c1-25(2,3)34(31,32)26(15-7-8-16-26)24(30)27-21(23(28)29)17-18-11-13-19(14-12-18)20-9-5-6-10-22(20)33-4/h5-6,9-14,21H,7-8,15-17H2,1-4H3,(H,27,30)(H,28,29)/t21-/m0/s1. The lowest BCUT2D eigenvalue weighted by Gasteiger charge is -2.35. The Balaban J connectivity index is 1.82. The molecule has 2 aromatic carbocycles. The molecule has 8 heteroatoms. The predicted molar refractivity (Wildman–Crippen MR) is 132 cm³/mol. The summed E-state index contributed by atoms with van der Waals surface area (Å²) in [5.41, 5.74) is 2.54. The zero-order valence-corrected chi connectivity index (χ0v) is 20.9. The number of nitrogens with one attached hydrogen (secondary N) is 1. The van der Waals surface area contributed by atoms with Crippen LogP contribution in [0.5, 0.6) is 5.75 Å². The van der Waals surface area contributed by atoms with Crippen LogP contribution >= 0.6 is 0 Å². The van der Waals surface area contributed by atoms with Gasteiger partial charge < -0.3 is 15.2 Å². The maximum absolute atomic E-state index is 13.3. The van der Waals surface area contributed by atoms with Crippen molar-refractivity contribution in [1.82, 2.24) is 5.32 Å². The molecule has 0 aliphatic heterocycles. The summed E-state index contributed by atoms with van der Waals surface area (Å²) in [6.45, 7) is 4.73. The third kappa shape index (κ3) is 4.82. The van der Waals surface area contributed by atoms with Crippen molar-refractivity contribution in [1.29, 1.82) is 0 Å². The summed E-state index contributed by atoms with van der Waals surface area (Å²) in [5, 5.41) is 12.3. The van der Waals surface area contributed by atoms with Crippen molar-refractivity contribution >= 4 is 21.7 Å². The largest absolute Gasteiger partial charge is 0.496 e. The Kier molecular flexibility index (Phi) is 7.41. The van der Waals surface area contributed by atoms with Crippen LogP contribution in [0.25, 0.3) is 11.1 Å². The number of carboxylic acid groups (broad SMARTS) is 1. The van der Waals surface area contributed by atoms with Crippen LogP contribution in [0, 0.1) is 0 Å². The zero-order valence-electron chi connectivity index (χ0n) is 20.1. The summed E-state index contributed by atoms with van der Waals surface area (Å²) >= 11 is 0. The number of para-hydroxylation sites is 1. The Hall–Kier alpha value is -2.87. The van der Waals surface area contributed by atoms with Crippen molar-refractivity contribution in [3.8, 4) is 16.9 Å². The number of aliphatic carboxylic acids is 1. The van der Waals surface area contributed by atoms with Crippen LogP contribution in [0.3, 0.4) is 0 Å². The smallest absolute Gasteiger partial charge is 0.326 e. The molecule has 0 aromatic heterocycles. The number of carboxylic acids is 1. The van der Waals surface area contributed by atoms with Crippen molar-refractivity contribution in [2.75, 3.05) is 7.11 Å². The van der Waals surface area contributed by atoms with Gasteiger partial charge in [-0.1, -0.05) is 55.3 Å². The van der Waals surface area contributed by atoms with E-state index in [9.17, 15) is 23.1 Å². The number of hydrogen-bond acceptors (Lipinski definition) is 5. The summed E-state index contributed by atoms with van der Waals surface area (Å²) in [5.74, 6) is -1.19. The molecule has 0 bridgehead atoms. The van der Waals surface area contributed by atoms with Gasteiger partial charge in [-0.25, -0.2) is 13.2 Å². The molecule has 0 unspecified atom stereocenters. The molecule has 0 radical (unpaired) electrons. The molecule has 0 heterocycles. The van der Waals surface area contributed by atoms with Gasteiger partial charge in [-0.3, -0.25) is 4.79 Å². The van der Waals surface area contributed by atoms with Crippen LogP contribution in [-0.2, 0) is 25.8 Å². The van der Waals surface area contributed by atoms with Crippen LogP contribution in [-0.4, -0.2) is 48.0 Å². The average molecular weight is 488 g/mol. The van der Waals surface area contributed by atoms with Gasteiger partial charge in [0.1, 0.15) is 11.8 Å². The number of carbonyl (C=O) groups excluding carboxylic acids is 1. The predicted octanol–water partition coefficient (Wildman–Crippen LogP) is 4.00. The van der Waals surface area contributed by atoms with Crippen molar-refractivity contribution in [2.45, 2.75) is 68.4 Å². The normalized spacial score (nSPS) is 16.6. The van der Waals surface area contributed by atoms with E-state index in [0.717, 1.165) is 16.9 Å². The third-order valence-electron chi connectivity index (χ3n) is 6.56. The van der Waals surface area contributed by atoms with Gasteiger partial charge in [-0.05, 0) is 50.8 Å². The van der Waals surface area contributed by atoms with Gasteiger partial charge in [0, 0.05) is 12.0 Å². The lowest BCUT2D eigenvalue weighted by molar-refractivity contribution is -0.142. The number of ether oxygens (including phenoxy) is 1. The number of methoxy groups -OCH3 is 1. The van der Waals surface area contributed by atoms with Crippen LogP contribution in [0.2, 0.25) is 0 Å². The fraction of sp³-hybridized carbons (Fsp3) is 0.462. The first kappa shape index (κ1) is 25.7. The highest BCUT2D eigenvalue weighted by molar-refractivity contribution is 7.94. The van der Waals surface area contributed by atoms with E-state index in [4.69, 9.17) is 4.74 Å². The second-order valence-electron chi connectivity index (χ2n) is 9.78. The maximum atomic E-state index is 13.3. The SMILES string of the molecule is COc1ccccc1-c1ccc(C[C@H](NC(=O)C2(S(=O)(=O)C(C)(C)C)CCCC2)C(=O)O)cc1. The fourth-order valence-electron chi connectivity index (χ4n) is 4.58. The van der Waals surface area contributed by atoms with Crippen molar-refractivity contribution < 1.29 is 27.9 Å². The zero-order chi connectivity index (χ0) is 25.1. The Labute approximate surface area is 201 Å². The first-order valence-electron chi connectivity index (χ1n) is 11.4. The minimum atomic E-state index is -3.84.